The minimum atomic E-state index is 0. The first kappa shape index (κ1) is 21.0. The van der Waals surface area contributed by atoms with Crippen LogP contribution in [0.2, 0.25) is 0 Å². The van der Waals surface area contributed by atoms with Gasteiger partial charge in [-0.1, -0.05) is 19.1 Å². The first-order valence-corrected chi connectivity index (χ1v) is 9.60. The number of carbonyl (C=O) groups is 1. The smallest absolute Gasteiger partial charge is 0.227 e. The van der Waals surface area contributed by atoms with Crippen LogP contribution in [-0.4, -0.2) is 42.9 Å². The van der Waals surface area contributed by atoms with Gasteiger partial charge < -0.3 is 15.1 Å². The van der Waals surface area contributed by atoms with Gasteiger partial charge in [-0.25, -0.2) is 4.99 Å². The SMILES string of the molecule is CCNC(=NCc1ccc(N2CCCC2=O)cc1)N1CCCC(C)C1.I. The summed E-state index contributed by atoms with van der Waals surface area (Å²) < 4.78 is 0. The molecule has 2 heterocycles. The molecule has 26 heavy (non-hydrogen) atoms. The highest BCUT2D eigenvalue weighted by atomic mass is 127. The van der Waals surface area contributed by atoms with Crippen molar-refractivity contribution in [1.82, 2.24) is 10.2 Å². The Morgan fingerprint density at radius 2 is 2.00 bits per heavy atom. The standard InChI is InChI=1S/C20H30N4O.HI/c1-3-21-20(23-12-4-6-16(2)15-23)22-14-17-8-10-18(11-9-17)24-13-5-7-19(24)25;/h8-11,16H,3-7,12-15H2,1-2H3,(H,21,22);1H. The molecule has 2 aliphatic heterocycles. The van der Waals surface area contributed by atoms with Gasteiger partial charge in [0.1, 0.15) is 0 Å². The number of anilines is 1. The third-order valence-corrected chi connectivity index (χ3v) is 5.02. The Morgan fingerprint density at radius 1 is 1.23 bits per heavy atom. The molecule has 0 spiro atoms. The van der Waals surface area contributed by atoms with E-state index in [1.807, 2.05) is 17.0 Å². The van der Waals surface area contributed by atoms with Crippen LogP contribution < -0.4 is 10.2 Å². The predicted octanol–water partition coefficient (Wildman–Crippen LogP) is 3.63. The Morgan fingerprint density at radius 3 is 2.62 bits per heavy atom. The largest absolute Gasteiger partial charge is 0.357 e. The van der Waals surface area contributed by atoms with E-state index in [0.717, 1.165) is 50.2 Å². The number of aliphatic imine (C=N–C) groups is 1. The lowest BCUT2D eigenvalue weighted by Crippen LogP contribution is -2.46. The number of amides is 1. The average Bonchev–Trinajstić information content (AvgIpc) is 3.05. The molecule has 1 unspecified atom stereocenters. The lowest BCUT2D eigenvalue weighted by molar-refractivity contribution is -0.117. The summed E-state index contributed by atoms with van der Waals surface area (Å²) in [4.78, 5) is 20.9. The van der Waals surface area contributed by atoms with Gasteiger partial charge in [-0.05, 0) is 49.8 Å². The van der Waals surface area contributed by atoms with Gasteiger partial charge in [0, 0.05) is 38.3 Å². The fourth-order valence-corrected chi connectivity index (χ4v) is 3.68. The molecule has 2 saturated heterocycles. The Bertz CT molecular complexity index is 617. The van der Waals surface area contributed by atoms with Gasteiger partial charge in [-0.3, -0.25) is 4.79 Å². The number of piperidine rings is 1. The van der Waals surface area contributed by atoms with E-state index in [4.69, 9.17) is 4.99 Å². The Balaban J connectivity index is 0.00000243. The Kier molecular flexibility index (Phi) is 8.18. The van der Waals surface area contributed by atoms with Crippen LogP contribution in [0.4, 0.5) is 5.69 Å². The maximum Gasteiger partial charge on any atom is 0.227 e. The molecule has 2 aliphatic rings. The molecule has 1 aromatic rings. The summed E-state index contributed by atoms with van der Waals surface area (Å²) in [6.07, 6.45) is 4.19. The molecule has 1 N–H and O–H groups in total. The lowest BCUT2D eigenvalue weighted by Gasteiger charge is -2.33. The summed E-state index contributed by atoms with van der Waals surface area (Å²) in [5.74, 6) is 1.99. The van der Waals surface area contributed by atoms with Crippen LogP contribution in [0.25, 0.3) is 0 Å². The van der Waals surface area contributed by atoms with E-state index in [2.05, 4.69) is 36.2 Å². The van der Waals surface area contributed by atoms with E-state index in [-0.39, 0.29) is 29.9 Å². The van der Waals surface area contributed by atoms with Gasteiger partial charge in [0.2, 0.25) is 5.91 Å². The van der Waals surface area contributed by atoms with Gasteiger partial charge in [-0.2, -0.15) is 0 Å². The monoisotopic (exact) mass is 470 g/mol. The molecule has 0 aromatic heterocycles. The molecule has 1 amide bonds. The quantitative estimate of drug-likeness (QED) is 0.416. The topological polar surface area (TPSA) is 47.9 Å². The molecule has 1 atom stereocenters. The van der Waals surface area contributed by atoms with Crippen LogP contribution in [0.1, 0.15) is 45.1 Å². The number of nitrogens with one attached hydrogen (secondary N) is 1. The molecule has 0 radical (unpaired) electrons. The summed E-state index contributed by atoms with van der Waals surface area (Å²) in [6.45, 7) is 9.00. The molecule has 0 saturated carbocycles. The van der Waals surface area contributed by atoms with Crippen LogP contribution in [0, 0.1) is 5.92 Å². The molecule has 144 valence electrons. The highest BCUT2D eigenvalue weighted by molar-refractivity contribution is 14.0. The van der Waals surface area contributed by atoms with Crippen molar-refractivity contribution < 1.29 is 4.79 Å². The number of hydrogen-bond acceptors (Lipinski definition) is 2. The number of likely N-dealkylation sites (tertiary alicyclic amines) is 1. The highest BCUT2D eigenvalue weighted by Crippen LogP contribution is 2.22. The van der Waals surface area contributed by atoms with Gasteiger partial charge in [0.15, 0.2) is 5.96 Å². The number of halogens is 1. The normalized spacial score (nSPS) is 20.9. The number of guanidine groups is 1. The van der Waals surface area contributed by atoms with Gasteiger partial charge >= 0.3 is 0 Å². The summed E-state index contributed by atoms with van der Waals surface area (Å²) in [6, 6.07) is 8.27. The fraction of sp³-hybridized carbons (Fsp3) is 0.600. The zero-order chi connectivity index (χ0) is 17.6. The van der Waals surface area contributed by atoms with Crippen molar-refractivity contribution in [1.29, 1.82) is 0 Å². The first-order chi connectivity index (χ1) is 12.2. The summed E-state index contributed by atoms with van der Waals surface area (Å²) >= 11 is 0. The maximum atomic E-state index is 11.8. The predicted molar refractivity (Wildman–Crippen MR) is 118 cm³/mol. The van der Waals surface area contributed by atoms with Crippen molar-refractivity contribution in [2.24, 2.45) is 10.9 Å². The van der Waals surface area contributed by atoms with Gasteiger partial charge in [0.25, 0.3) is 0 Å². The van der Waals surface area contributed by atoms with Crippen LogP contribution in [0.5, 0.6) is 0 Å². The molecular formula is C20H31IN4O. The zero-order valence-corrected chi connectivity index (χ0v) is 18.2. The number of hydrogen-bond donors (Lipinski definition) is 1. The van der Waals surface area contributed by atoms with E-state index >= 15 is 0 Å². The maximum absolute atomic E-state index is 11.8. The van der Waals surface area contributed by atoms with Crippen LogP contribution >= 0.6 is 24.0 Å². The zero-order valence-electron chi connectivity index (χ0n) is 15.9. The molecule has 3 rings (SSSR count). The van der Waals surface area contributed by atoms with Gasteiger partial charge in [-0.15, -0.1) is 24.0 Å². The fourth-order valence-electron chi connectivity index (χ4n) is 3.68. The molecule has 1 aromatic carbocycles. The van der Waals surface area contributed by atoms with Crippen LogP contribution in [0.3, 0.4) is 0 Å². The number of rotatable bonds is 4. The third kappa shape index (κ3) is 5.34. The first-order valence-electron chi connectivity index (χ1n) is 9.60. The lowest BCUT2D eigenvalue weighted by atomic mass is 10.0. The minimum Gasteiger partial charge on any atom is -0.357 e. The second-order valence-corrected chi connectivity index (χ2v) is 7.18. The summed E-state index contributed by atoms with van der Waals surface area (Å²) in [7, 11) is 0. The van der Waals surface area contributed by atoms with E-state index < -0.39 is 0 Å². The van der Waals surface area contributed by atoms with Crippen molar-refractivity contribution in [2.75, 3.05) is 31.1 Å². The van der Waals surface area contributed by atoms with Gasteiger partial charge in [0.05, 0.1) is 6.54 Å². The van der Waals surface area contributed by atoms with Crippen molar-refractivity contribution in [2.45, 2.75) is 46.1 Å². The average molecular weight is 470 g/mol. The van der Waals surface area contributed by atoms with Crippen molar-refractivity contribution in [3.8, 4) is 0 Å². The number of carbonyl (C=O) groups excluding carboxylic acids is 1. The van der Waals surface area contributed by atoms with Crippen molar-refractivity contribution >= 4 is 41.5 Å². The molecule has 2 fully saturated rings. The van der Waals surface area contributed by atoms with E-state index in [1.54, 1.807) is 0 Å². The third-order valence-electron chi connectivity index (χ3n) is 5.02. The Hall–Kier alpha value is -1.31. The minimum absolute atomic E-state index is 0. The molecule has 5 nitrogen and oxygen atoms in total. The van der Waals surface area contributed by atoms with E-state index in [1.165, 1.54) is 18.4 Å². The van der Waals surface area contributed by atoms with Crippen molar-refractivity contribution in [3.63, 3.8) is 0 Å². The van der Waals surface area contributed by atoms with E-state index in [0.29, 0.717) is 13.0 Å². The van der Waals surface area contributed by atoms with E-state index in [9.17, 15) is 4.79 Å². The Labute approximate surface area is 174 Å². The highest BCUT2D eigenvalue weighted by Gasteiger charge is 2.21. The molecule has 0 bridgehead atoms. The molecule has 6 heteroatoms. The summed E-state index contributed by atoms with van der Waals surface area (Å²) in [5, 5.41) is 3.43. The van der Waals surface area contributed by atoms with Crippen molar-refractivity contribution in [3.05, 3.63) is 29.8 Å². The van der Waals surface area contributed by atoms with Crippen LogP contribution in [0.15, 0.2) is 29.3 Å². The molecular weight excluding hydrogens is 439 g/mol. The second kappa shape index (κ2) is 10.1. The molecule has 0 aliphatic carbocycles. The number of benzene rings is 1. The summed E-state index contributed by atoms with van der Waals surface area (Å²) in [5.41, 5.74) is 2.18. The second-order valence-electron chi connectivity index (χ2n) is 7.18. The van der Waals surface area contributed by atoms with Crippen LogP contribution in [-0.2, 0) is 11.3 Å². The number of nitrogens with zero attached hydrogens (tertiary/aromatic N) is 3.